The Bertz CT molecular complexity index is 993. The highest BCUT2D eigenvalue weighted by Crippen LogP contribution is 2.24. The zero-order valence-electron chi connectivity index (χ0n) is 20.0. The number of aromatic nitrogens is 2. The Balaban J connectivity index is 1.31. The van der Waals surface area contributed by atoms with Gasteiger partial charge in [0.25, 0.3) is 0 Å². The van der Waals surface area contributed by atoms with Gasteiger partial charge in [-0.1, -0.05) is 12.1 Å². The van der Waals surface area contributed by atoms with Gasteiger partial charge in [0.2, 0.25) is 0 Å². The quantitative estimate of drug-likeness (QED) is 0.493. The lowest BCUT2D eigenvalue weighted by atomic mass is 9.85. The molecule has 34 heavy (non-hydrogen) atoms. The van der Waals surface area contributed by atoms with Gasteiger partial charge in [-0.3, -0.25) is 9.88 Å². The lowest BCUT2D eigenvalue weighted by Gasteiger charge is -2.30. The largest absolute Gasteiger partial charge is 0.354 e. The van der Waals surface area contributed by atoms with E-state index in [1.807, 2.05) is 12.1 Å². The van der Waals surface area contributed by atoms with E-state index in [-0.39, 0.29) is 11.8 Å². The zero-order chi connectivity index (χ0) is 23.9. The minimum absolute atomic E-state index is 0.231. The number of amides is 2. The van der Waals surface area contributed by atoms with Crippen molar-refractivity contribution in [1.82, 2.24) is 25.1 Å². The third-order valence-electron chi connectivity index (χ3n) is 6.90. The predicted octanol–water partition coefficient (Wildman–Crippen LogP) is 1.71. The Morgan fingerprint density at radius 1 is 1.15 bits per heavy atom. The summed E-state index contributed by atoms with van der Waals surface area (Å²) in [6, 6.07) is 10.4. The standard InChI is InChI=1S/C25H37N7O2/c1-18(28-21-6-2-20(17-26)3-7-21)16-19-4-8-22(9-5-19)32-13-10-23(30-25(32)34)29-24(33)31-14-11-27-12-15-31/h4-5,8-10,13,18,20-21,27-28H,2-3,6-7,11-12,14-17,26H2,1H3,(H,29,30,33,34). The molecule has 1 aromatic heterocycles. The molecular weight excluding hydrogens is 430 g/mol. The van der Waals surface area contributed by atoms with Crippen LogP contribution in [0.3, 0.4) is 0 Å². The van der Waals surface area contributed by atoms with Crippen LogP contribution >= 0.6 is 0 Å². The first-order valence-corrected chi connectivity index (χ1v) is 12.4. The van der Waals surface area contributed by atoms with E-state index in [9.17, 15) is 9.59 Å². The van der Waals surface area contributed by atoms with Crippen LogP contribution in [0.15, 0.2) is 41.3 Å². The van der Waals surface area contributed by atoms with Crippen molar-refractivity contribution < 1.29 is 4.79 Å². The zero-order valence-corrected chi connectivity index (χ0v) is 20.0. The monoisotopic (exact) mass is 467 g/mol. The number of carbonyl (C=O) groups excluding carboxylic acids is 1. The molecule has 5 N–H and O–H groups in total. The maximum Gasteiger partial charge on any atom is 0.354 e. The second-order valence-corrected chi connectivity index (χ2v) is 9.52. The number of nitrogens with two attached hydrogens (primary N) is 1. The first-order chi connectivity index (χ1) is 16.5. The molecule has 2 heterocycles. The summed E-state index contributed by atoms with van der Waals surface area (Å²) in [5.41, 5.74) is 7.36. The van der Waals surface area contributed by atoms with Crippen molar-refractivity contribution in [3.8, 4) is 5.69 Å². The van der Waals surface area contributed by atoms with Crippen molar-refractivity contribution in [3.05, 3.63) is 52.6 Å². The number of benzene rings is 1. The topological polar surface area (TPSA) is 117 Å². The van der Waals surface area contributed by atoms with Gasteiger partial charge in [-0.25, -0.2) is 9.59 Å². The molecule has 1 aliphatic heterocycles. The van der Waals surface area contributed by atoms with Crippen LogP contribution in [0.25, 0.3) is 5.69 Å². The van der Waals surface area contributed by atoms with Crippen molar-refractivity contribution >= 4 is 11.8 Å². The number of urea groups is 1. The van der Waals surface area contributed by atoms with E-state index in [0.29, 0.717) is 31.1 Å². The van der Waals surface area contributed by atoms with E-state index in [2.05, 4.69) is 40.0 Å². The first kappa shape index (κ1) is 24.4. The normalized spacial score (nSPS) is 21.8. The average molecular weight is 468 g/mol. The van der Waals surface area contributed by atoms with Crippen molar-refractivity contribution in [2.75, 3.05) is 38.0 Å². The van der Waals surface area contributed by atoms with Gasteiger partial charge in [-0.15, -0.1) is 0 Å². The van der Waals surface area contributed by atoms with Gasteiger partial charge >= 0.3 is 11.7 Å². The van der Waals surface area contributed by atoms with E-state index >= 15 is 0 Å². The maximum absolute atomic E-state index is 12.6. The highest BCUT2D eigenvalue weighted by molar-refractivity contribution is 5.88. The number of piperazine rings is 1. The number of carbonyl (C=O) groups is 1. The molecule has 2 aliphatic rings. The fourth-order valence-corrected chi connectivity index (χ4v) is 4.90. The van der Waals surface area contributed by atoms with Crippen molar-refractivity contribution in [2.45, 2.75) is 51.1 Å². The minimum atomic E-state index is -0.422. The molecule has 1 atom stereocenters. The van der Waals surface area contributed by atoms with Gasteiger partial charge in [0.05, 0.1) is 5.69 Å². The Hall–Kier alpha value is -2.75. The third kappa shape index (κ3) is 6.43. The molecule has 4 rings (SSSR count). The van der Waals surface area contributed by atoms with Crippen molar-refractivity contribution in [2.24, 2.45) is 11.7 Å². The van der Waals surface area contributed by atoms with Crippen LogP contribution in [-0.2, 0) is 6.42 Å². The van der Waals surface area contributed by atoms with Crippen LogP contribution in [-0.4, -0.2) is 65.3 Å². The highest BCUT2D eigenvalue weighted by atomic mass is 16.2. The molecule has 2 fully saturated rings. The lowest BCUT2D eigenvalue weighted by molar-refractivity contribution is 0.204. The summed E-state index contributed by atoms with van der Waals surface area (Å²) in [4.78, 5) is 30.7. The molecule has 2 aromatic rings. The second kappa shape index (κ2) is 11.6. The SMILES string of the molecule is CC(Cc1ccc(-n2ccc(NC(=O)N3CCNCC3)nc2=O)cc1)NC1CCC(CN)CC1. The number of nitrogens with one attached hydrogen (secondary N) is 3. The highest BCUT2D eigenvalue weighted by Gasteiger charge is 2.21. The molecule has 1 saturated heterocycles. The van der Waals surface area contributed by atoms with E-state index in [0.717, 1.165) is 31.7 Å². The molecule has 0 spiro atoms. The molecule has 184 valence electrons. The van der Waals surface area contributed by atoms with Crippen molar-refractivity contribution in [3.63, 3.8) is 0 Å². The van der Waals surface area contributed by atoms with Crippen LogP contribution in [0.4, 0.5) is 10.6 Å². The molecule has 1 aromatic carbocycles. The van der Waals surface area contributed by atoms with Gasteiger partial charge in [-0.2, -0.15) is 4.98 Å². The summed E-state index contributed by atoms with van der Waals surface area (Å²) in [6.07, 6.45) is 7.42. The van der Waals surface area contributed by atoms with E-state index in [4.69, 9.17) is 5.73 Å². The van der Waals surface area contributed by atoms with Crippen LogP contribution < -0.4 is 27.4 Å². The maximum atomic E-state index is 12.6. The fraction of sp³-hybridized carbons (Fsp3) is 0.560. The number of hydrogen-bond acceptors (Lipinski definition) is 6. The van der Waals surface area contributed by atoms with E-state index < -0.39 is 5.69 Å². The molecule has 0 bridgehead atoms. The van der Waals surface area contributed by atoms with E-state index in [1.165, 1.54) is 35.8 Å². The first-order valence-electron chi connectivity index (χ1n) is 12.4. The van der Waals surface area contributed by atoms with Crippen LogP contribution in [0.5, 0.6) is 0 Å². The smallest absolute Gasteiger partial charge is 0.330 e. The molecule has 2 amide bonds. The summed E-state index contributed by atoms with van der Waals surface area (Å²) in [6.45, 7) is 5.84. The van der Waals surface area contributed by atoms with Gasteiger partial charge < -0.3 is 21.3 Å². The Morgan fingerprint density at radius 2 is 1.85 bits per heavy atom. The predicted molar refractivity (Wildman–Crippen MR) is 134 cm³/mol. The van der Waals surface area contributed by atoms with Crippen LogP contribution in [0.2, 0.25) is 0 Å². The van der Waals surface area contributed by atoms with Gasteiger partial charge in [-0.05, 0) is 75.3 Å². The lowest BCUT2D eigenvalue weighted by Crippen LogP contribution is -2.48. The third-order valence-corrected chi connectivity index (χ3v) is 6.90. The Morgan fingerprint density at radius 3 is 2.50 bits per heavy atom. The molecule has 9 heteroatoms. The summed E-state index contributed by atoms with van der Waals surface area (Å²) in [5, 5.41) is 9.69. The van der Waals surface area contributed by atoms with Gasteiger partial charge in [0, 0.05) is 44.5 Å². The summed E-state index contributed by atoms with van der Waals surface area (Å²) < 4.78 is 1.49. The van der Waals surface area contributed by atoms with Gasteiger partial charge in [0.1, 0.15) is 5.82 Å². The fourth-order valence-electron chi connectivity index (χ4n) is 4.90. The number of nitrogens with zero attached hydrogens (tertiary/aromatic N) is 3. The number of anilines is 1. The summed E-state index contributed by atoms with van der Waals surface area (Å²) in [7, 11) is 0. The molecule has 1 aliphatic carbocycles. The van der Waals surface area contributed by atoms with E-state index in [1.54, 1.807) is 17.2 Å². The molecule has 1 saturated carbocycles. The van der Waals surface area contributed by atoms with Gasteiger partial charge in [0.15, 0.2) is 0 Å². The average Bonchev–Trinajstić information content (AvgIpc) is 2.86. The molecule has 0 radical (unpaired) electrons. The number of hydrogen-bond donors (Lipinski definition) is 4. The second-order valence-electron chi connectivity index (χ2n) is 9.52. The summed E-state index contributed by atoms with van der Waals surface area (Å²) in [5.74, 6) is 0.957. The minimum Gasteiger partial charge on any atom is -0.330 e. The molecule has 9 nitrogen and oxygen atoms in total. The van der Waals surface area contributed by atoms with Crippen LogP contribution in [0.1, 0.15) is 38.2 Å². The summed E-state index contributed by atoms with van der Waals surface area (Å²) >= 11 is 0. The number of rotatable bonds is 7. The molecule has 1 unspecified atom stereocenters. The van der Waals surface area contributed by atoms with Crippen molar-refractivity contribution in [1.29, 1.82) is 0 Å². The molecular formula is C25H37N7O2. The van der Waals surface area contributed by atoms with Crippen LogP contribution in [0, 0.1) is 5.92 Å². The Kier molecular flexibility index (Phi) is 8.31. The Labute approximate surface area is 201 Å².